The van der Waals surface area contributed by atoms with Gasteiger partial charge in [0.05, 0.1) is 30.5 Å². The van der Waals surface area contributed by atoms with Gasteiger partial charge in [-0.3, -0.25) is 10.2 Å². The van der Waals surface area contributed by atoms with E-state index in [0.717, 1.165) is 31.0 Å². The lowest BCUT2D eigenvalue weighted by atomic mass is 9.86. The van der Waals surface area contributed by atoms with Crippen molar-refractivity contribution in [3.63, 3.8) is 0 Å². The van der Waals surface area contributed by atoms with Crippen LogP contribution in [0.15, 0.2) is 23.3 Å². The van der Waals surface area contributed by atoms with E-state index >= 15 is 0 Å². The molecule has 0 radical (unpaired) electrons. The number of pyridine rings is 2. The van der Waals surface area contributed by atoms with E-state index in [2.05, 4.69) is 25.6 Å². The van der Waals surface area contributed by atoms with Crippen molar-refractivity contribution in [2.75, 3.05) is 25.5 Å². The molecule has 39 heavy (non-hydrogen) atoms. The molecule has 2 aromatic heterocycles. The van der Waals surface area contributed by atoms with Crippen LogP contribution in [0.5, 0.6) is 5.88 Å². The molecular formula is C27H32F3N7O2. The summed E-state index contributed by atoms with van der Waals surface area (Å²) in [7, 11) is 1.44. The van der Waals surface area contributed by atoms with E-state index in [1.165, 1.54) is 13.2 Å². The van der Waals surface area contributed by atoms with Crippen LogP contribution in [-0.2, 0) is 11.2 Å². The van der Waals surface area contributed by atoms with E-state index in [1.54, 1.807) is 24.8 Å². The Morgan fingerprint density at radius 2 is 2.10 bits per heavy atom. The second-order valence-corrected chi connectivity index (χ2v) is 10.6. The minimum absolute atomic E-state index is 0.00101. The van der Waals surface area contributed by atoms with Crippen molar-refractivity contribution in [1.29, 1.82) is 5.41 Å². The van der Waals surface area contributed by atoms with Crippen molar-refractivity contribution in [1.82, 2.24) is 20.2 Å². The summed E-state index contributed by atoms with van der Waals surface area (Å²) in [5.74, 6) is -1.24. The minimum Gasteiger partial charge on any atom is -0.481 e. The second-order valence-electron chi connectivity index (χ2n) is 10.6. The molecule has 1 saturated heterocycles. The third-order valence-corrected chi connectivity index (χ3v) is 7.74. The SMILES string of the molecule is COc1cc([C@@H](C)C(=O)N2CC[C@@]3(CCc4cc(C(=N)/N=C(\NC5CC5)C(F)F)c(C)nc4N3)C2)c(F)cn1. The quantitative estimate of drug-likeness (QED) is 0.377. The summed E-state index contributed by atoms with van der Waals surface area (Å²) >= 11 is 0. The van der Waals surface area contributed by atoms with Crippen LogP contribution in [0.2, 0.25) is 0 Å². The lowest BCUT2D eigenvalue weighted by Gasteiger charge is -2.36. The molecule has 1 aliphatic carbocycles. The van der Waals surface area contributed by atoms with Gasteiger partial charge in [0.25, 0.3) is 6.43 Å². The number of ether oxygens (including phenoxy) is 1. The van der Waals surface area contributed by atoms with Crippen LogP contribution < -0.4 is 15.4 Å². The predicted octanol–water partition coefficient (Wildman–Crippen LogP) is 3.81. The summed E-state index contributed by atoms with van der Waals surface area (Å²) < 4.78 is 46.4. The molecule has 2 atom stereocenters. The highest BCUT2D eigenvalue weighted by atomic mass is 19.3. The number of nitrogens with one attached hydrogen (secondary N) is 3. The van der Waals surface area contributed by atoms with Crippen molar-refractivity contribution in [2.45, 2.75) is 69.9 Å². The summed E-state index contributed by atoms with van der Waals surface area (Å²) in [5, 5.41) is 14.6. The van der Waals surface area contributed by atoms with E-state index in [0.29, 0.717) is 43.0 Å². The molecule has 2 aromatic rings. The van der Waals surface area contributed by atoms with Gasteiger partial charge in [-0.05, 0) is 57.6 Å². The van der Waals surface area contributed by atoms with Crippen molar-refractivity contribution >= 4 is 23.4 Å². The number of aliphatic imine (C=N–C) groups is 1. The Morgan fingerprint density at radius 3 is 2.79 bits per heavy atom. The third kappa shape index (κ3) is 5.55. The number of aryl methyl sites for hydroxylation is 2. The number of carbonyl (C=O) groups is 1. The second kappa shape index (κ2) is 10.5. The van der Waals surface area contributed by atoms with Crippen LogP contribution in [0.3, 0.4) is 0 Å². The summed E-state index contributed by atoms with van der Waals surface area (Å²) in [6.45, 7) is 4.38. The van der Waals surface area contributed by atoms with E-state index in [4.69, 9.17) is 10.1 Å². The fraction of sp³-hybridized carbons (Fsp3) is 0.519. The number of likely N-dealkylation sites (tertiary alicyclic amines) is 1. The van der Waals surface area contributed by atoms with Crippen LogP contribution in [0.1, 0.15) is 60.9 Å². The number of hydrogen-bond donors (Lipinski definition) is 3. The number of nitrogens with zero attached hydrogens (tertiary/aromatic N) is 4. The van der Waals surface area contributed by atoms with Gasteiger partial charge in [0, 0.05) is 36.3 Å². The fourth-order valence-corrected chi connectivity index (χ4v) is 5.29. The lowest BCUT2D eigenvalue weighted by molar-refractivity contribution is -0.131. The maximum Gasteiger partial charge on any atom is 0.295 e. The first-order chi connectivity index (χ1) is 18.6. The highest BCUT2D eigenvalue weighted by Crippen LogP contribution is 2.38. The maximum absolute atomic E-state index is 14.4. The molecule has 1 amide bonds. The molecule has 3 aliphatic rings. The van der Waals surface area contributed by atoms with Crippen molar-refractivity contribution in [2.24, 2.45) is 4.99 Å². The first-order valence-electron chi connectivity index (χ1n) is 13.1. The molecule has 0 aromatic carbocycles. The topological polar surface area (TPSA) is 116 Å². The number of amidine groups is 2. The Balaban J connectivity index is 1.29. The number of hydrogen-bond acceptors (Lipinski definition) is 6. The van der Waals surface area contributed by atoms with E-state index < -0.39 is 24.0 Å². The van der Waals surface area contributed by atoms with E-state index in [-0.39, 0.29) is 34.8 Å². The molecular weight excluding hydrogens is 511 g/mol. The van der Waals surface area contributed by atoms with Gasteiger partial charge in [0.1, 0.15) is 11.6 Å². The molecule has 1 saturated carbocycles. The van der Waals surface area contributed by atoms with Gasteiger partial charge in [-0.25, -0.2) is 28.1 Å². The number of anilines is 1. The predicted molar refractivity (Wildman–Crippen MR) is 140 cm³/mol. The number of alkyl halides is 2. The smallest absolute Gasteiger partial charge is 0.295 e. The standard InChI is InChI=1S/C27H32F3N7O2/c1-14(18-11-21(39-3)32-12-20(18)28)26(38)37-9-8-27(13-37)7-6-16-10-19(15(2)33-24(16)36-27)23(31)35-25(22(29)30)34-17-4-5-17/h10-12,14,17,22H,4-9,13H2,1-3H3,(H,33,36)(H2,31,34,35)/t14-,27+/m1/s1. The number of carbonyl (C=O) groups excluding carboxylic acids is 1. The Morgan fingerprint density at radius 1 is 1.33 bits per heavy atom. The molecule has 4 heterocycles. The van der Waals surface area contributed by atoms with Crippen LogP contribution in [0.4, 0.5) is 19.0 Å². The van der Waals surface area contributed by atoms with E-state index in [1.807, 2.05) is 0 Å². The third-order valence-electron chi connectivity index (χ3n) is 7.74. The van der Waals surface area contributed by atoms with E-state index in [9.17, 15) is 18.0 Å². The van der Waals surface area contributed by atoms with Gasteiger partial charge < -0.3 is 20.3 Å². The molecule has 5 rings (SSSR count). The number of halogens is 3. The largest absolute Gasteiger partial charge is 0.481 e. The summed E-state index contributed by atoms with van der Waals surface area (Å²) in [4.78, 5) is 27.5. The van der Waals surface area contributed by atoms with Crippen molar-refractivity contribution in [3.05, 3.63) is 46.5 Å². The van der Waals surface area contributed by atoms with Crippen LogP contribution in [0, 0.1) is 18.2 Å². The number of aromatic nitrogens is 2. The zero-order chi connectivity index (χ0) is 27.9. The fourth-order valence-electron chi connectivity index (χ4n) is 5.29. The number of fused-ring (bicyclic) bond motifs is 1. The van der Waals surface area contributed by atoms with Crippen molar-refractivity contribution < 1.29 is 22.7 Å². The number of rotatable bonds is 6. The Bertz CT molecular complexity index is 1330. The molecule has 2 fully saturated rings. The van der Waals surface area contributed by atoms with Gasteiger partial charge in [-0.15, -0.1) is 0 Å². The highest BCUT2D eigenvalue weighted by Gasteiger charge is 2.43. The Hall–Kier alpha value is -3.70. The molecule has 0 unspecified atom stereocenters. The summed E-state index contributed by atoms with van der Waals surface area (Å²) in [6.07, 6.45) is 2.00. The molecule has 208 valence electrons. The molecule has 9 nitrogen and oxygen atoms in total. The van der Waals surface area contributed by atoms with Gasteiger partial charge in [0.2, 0.25) is 11.8 Å². The first kappa shape index (κ1) is 26.9. The number of amides is 1. The lowest BCUT2D eigenvalue weighted by Crippen LogP contribution is -2.46. The monoisotopic (exact) mass is 543 g/mol. The average Bonchev–Trinajstić information content (AvgIpc) is 3.65. The van der Waals surface area contributed by atoms with Gasteiger partial charge in [-0.2, -0.15) is 0 Å². The first-order valence-corrected chi connectivity index (χ1v) is 13.1. The van der Waals surface area contributed by atoms with Gasteiger partial charge in [-0.1, -0.05) is 0 Å². The Labute approximate surface area is 224 Å². The number of methoxy groups -OCH3 is 1. The van der Waals surface area contributed by atoms with Crippen LogP contribution in [0.25, 0.3) is 0 Å². The molecule has 1 spiro atoms. The Kier molecular flexibility index (Phi) is 7.21. The van der Waals surface area contributed by atoms with Gasteiger partial charge >= 0.3 is 0 Å². The zero-order valence-corrected chi connectivity index (χ0v) is 22.2. The van der Waals surface area contributed by atoms with Crippen molar-refractivity contribution in [3.8, 4) is 5.88 Å². The van der Waals surface area contributed by atoms with Crippen LogP contribution in [-0.4, -0.2) is 70.7 Å². The average molecular weight is 544 g/mol. The minimum atomic E-state index is -2.79. The summed E-state index contributed by atoms with van der Waals surface area (Å²) in [6, 6.07) is 3.25. The van der Waals surface area contributed by atoms with Crippen LogP contribution >= 0.6 is 0 Å². The highest BCUT2D eigenvalue weighted by molar-refractivity contribution is 6.06. The summed E-state index contributed by atoms with van der Waals surface area (Å²) in [5.41, 5.74) is 1.66. The molecule has 2 aliphatic heterocycles. The maximum atomic E-state index is 14.4. The zero-order valence-electron chi connectivity index (χ0n) is 22.2. The van der Waals surface area contributed by atoms with Gasteiger partial charge in [0.15, 0.2) is 11.7 Å². The molecule has 3 N–H and O–H groups in total. The molecule has 12 heteroatoms. The molecule has 0 bridgehead atoms. The normalized spacial score (nSPS) is 21.5.